The fourth-order valence-corrected chi connectivity index (χ4v) is 15.9. The lowest BCUT2D eigenvalue weighted by Crippen LogP contribution is -2.30. The number of fused-ring (bicyclic) bond motifs is 15. The Balaban J connectivity index is 0.000000108. The van der Waals surface area contributed by atoms with Crippen LogP contribution in [0.3, 0.4) is 0 Å². The third-order valence-corrected chi connectivity index (χ3v) is 21.9. The molecule has 0 aliphatic carbocycles. The van der Waals surface area contributed by atoms with Crippen LogP contribution in [0.5, 0.6) is 0 Å². The molecule has 0 saturated heterocycles. The number of para-hydroxylation sites is 3. The molecule has 10 heterocycles. The maximum atomic E-state index is 7.38. The highest BCUT2D eigenvalue weighted by atomic mass is 16.3. The fraction of sp³-hybridized carbons (Fsp3) is 0.119. The van der Waals surface area contributed by atoms with Crippen molar-refractivity contribution in [2.24, 2.45) is 35.2 Å². The van der Waals surface area contributed by atoms with Crippen LogP contribution in [-0.4, -0.2) is 0 Å². The van der Waals surface area contributed by atoms with Gasteiger partial charge in [-0.2, -0.15) is 0 Å². The molecule has 0 aliphatic heterocycles. The first-order valence-corrected chi connectivity index (χ1v) is 37.8. The van der Waals surface area contributed by atoms with Crippen molar-refractivity contribution in [3.05, 3.63) is 352 Å². The van der Waals surface area contributed by atoms with Gasteiger partial charge in [-0.05, 0) is 142 Å². The van der Waals surface area contributed by atoms with Crippen LogP contribution < -0.4 is 22.8 Å². The van der Waals surface area contributed by atoms with E-state index in [2.05, 4.69) is 219 Å². The SMILES string of the molecule is Cc1c(-c2cccc[n+]2C)cc2oc3ccccc3c2c1C.[C-]#[N+]c1ccc2c(c1)oc1c(-c3cccc[n+]3C)c(C)ccc12.[C-]#[N+]c1ccc2oc3c(-c4cccc[n+]4C)c(C)ccc3c2c1.[C-]#[N+]c1cccc2c1oc1c(-c3cc(C)cc[n+]3C)c(C)ccc12.[C-]#[N+]c1cccc2c1oc1c(-c3cccc[n+]3C)c(C)ccc12. The van der Waals surface area contributed by atoms with Gasteiger partial charge in [0.15, 0.2) is 42.4 Å². The molecule has 0 unspecified atom stereocenters. The molecule has 14 nitrogen and oxygen atoms in total. The summed E-state index contributed by atoms with van der Waals surface area (Å²) in [5.74, 6) is 0. The van der Waals surface area contributed by atoms with E-state index in [0.29, 0.717) is 33.9 Å². The molecule has 14 heteroatoms. The average molecular weight is 1500 g/mol. The van der Waals surface area contributed by atoms with Crippen molar-refractivity contribution in [3.8, 4) is 56.3 Å². The predicted molar refractivity (Wildman–Crippen MR) is 460 cm³/mol. The number of rotatable bonds is 5. The van der Waals surface area contributed by atoms with Crippen LogP contribution in [0, 0.1) is 74.8 Å². The molecule has 10 aromatic carbocycles. The first kappa shape index (κ1) is 74.0. The van der Waals surface area contributed by atoms with Crippen molar-refractivity contribution >= 4 is 132 Å². The van der Waals surface area contributed by atoms with Crippen LogP contribution in [0.2, 0.25) is 0 Å². The highest BCUT2D eigenvalue weighted by Crippen LogP contribution is 2.45. The number of aromatic nitrogens is 5. The van der Waals surface area contributed by atoms with Gasteiger partial charge in [0.2, 0.25) is 39.8 Å². The Morgan fingerprint density at radius 3 is 1.14 bits per heavy atom. The Bertz CT molecular complexity index is 7450. The van der Waals surface area contributed by atoms with E-state index in [-0.39, 0.29) is 0 Å². The molecule has 0 atom stereocenters. The van der Waals surface area contributed by atoms with E-state index >= 15 is 0 Å². The van der Waals surface area contributed by atoms with Gasteiger partial charge in [-0.25, -0.2) is 42.2 Å². The lowest BCUT2D eigenvalue weighted by molar-refractivity contribution is -0.660. The topological polar surface area (TPSA) is 103 Å². The minimum absolute atomic E-state index is 0.555. The third kappa shape index (κ3) is 13.4. The molecule has 0 amide bonds. The summed E-state index contributed by atoms with van der Waals surface area (Å²) in [6, 6.07) is 78.9. The van der Waals surface area contributed by atoms with Crippen LogP contribution in [0.25, 0.3) is 185 Å². The first-order chi connectivity index (χ1) is 55.8. The monoisotopic (exact) mass is 1500 g/mol. The molecule has 20 rings (SSSR count). The summed E-state index contributed by atoms with van der Waals surface area (Å²) in [6.07, 6.45) is 10.2. The molecule has 0 bridgehead atoms. The summed E-state index contributed by atoms with van der Waals surface area (Å²) in [4.78, 5) is 14.2. The summed E-state index contributed by atoms with van der Waals surface area (Å²) in [5, 5.41) is 10.7. The normalized spacial score (nSPS) is 11.1. The summed E-state index contributed by atoms with van der Waals surface area (Å²) >= 11 is 0. The molecule has 554 valence electrons. The highest BCUT2D eigenvalue weighted by molar-refractivity contribution is 6.16. The molecule has 115 heavy (non-hydrogen) atoms. The first-order valence-electron chi connectivity index (χ1n) is 37.8. The Hall–Kier alpha value is -15.1. The van der Waals surface area contributed by atoms with Gasteiger partial charge < -0.3 is 22.1 Å². The number of pyridine rings is 5. The van der Waals surface area contributed by atoms with Crippen molar-refractivity contribution in [1.29, 1.82) is 0 Å². The maximum Gasteiger partial charge on any atom is 0.229 e. The Labute approximate surface area is 665 Å². The number of hydrogen-bond donors (Lipinski definition) is 0. The molecule has 0 saturated carbocycles. The average Bonchev–Trinajstić information content (AvgIpc) is 1.62. The minimum Gasteiger partial charge on any atom is -0.466 e. The van der Waals surface area contributed by atoms with Crippen LogP contribution in [0.1, 0.15) is 38.9 Å². The van der Waals surface area contributed by atoms with E-state index in [1.807, 2.05) is 156 Å². The van der Waals surface area contributed by atoms with Gasteiger partial charge in [-0.1, -0.05) is 121 Å². The second-order valence-corrected chi connectivity index (χ2v) is 29.2. The standard InChI is InChI=1S/C21H17N2O.3C20H15N2O.C20H18NO/c1-13-10-11-23(4)18(12-13)19-14(2)8-9-16-15-6-5-7-17(22-3)20(15)24-21(16)19;1-13-10-11-15-14-7-6-8-16(21-2)19(14)23-20(15)18(13)17-9-4-5-12-22(17)3;1-13-7-9-16-15-10-8-14(21-2)12-18(15)23-20(16)19(13)17-6-4-5-11-22(17)3;1-13-7-9-15-16-12-14(21-2)8-10-18(16)23-20(15)19(13)17-6-4-5-11-22(17)3;1-13-14(2)20-15-8-4-5-10-18(15)22-19(20)12-16(13)17-9-6-7-11-21(17)3/h5-12H,1-2,4H3;3*4-12H,1,3H3;4-12H,1-3H3/q5*+1. The van der Waals surface area contributed by atoms with Crippen molar-refractivity contribution < 1.29 is 44.9 Å². The zero-order valence-corrected chi connectivity index (χ0v) is 66.0. The molecule has 20 aromatic rings. The van der Waals surface area contributed by atoms with Crippen molar-refractivity contribution in [3.63, 3.8) is 0 Å². The summed E-state index contributed by atoms with van der Waals surface area (Å²) < 4.78 is 41.3. The van der Waals surface area contributed by atoms with E-state index in [9.17, 15) is 0 Å². The van der Waals surface area contributed by atoms with E-state index in [4.69, 9.17) is 48.4 Å². The van der Waals surface area contributed by atoms with E-state index in [1.165, 1.54) is 49.8 Å². The van der Waals surface area contributed by atoms with Gasteiger partial charge in [-0.3, -0.25) is 0 Å². The molecular formula is C101H80N9O5+5. The van der Waals surface area contributed by atoms with Crippen LogP contribution >= 0.6 is 0 Å². The quantitative estimate of drug-likeness (QED) is 0.126. The molecule has 0 fully saturated rings. The fourth-order valence-electron chi connectivity index (χ4n) is 15.9. The lowest BCUT2D eigenvalue weighted by atomic mass is 9.95. The summed E-state index contributed by atoms with van der Waals surface area (Å²) in [5.41, 5.74) is 30.3. The molecule has 0 N–H and O–H groups in total. The number of furan rings is 5. The Morgan fingerprint density at radius 1 is 0.252 bits per heavy atom. The number of aryl methyl sites for hydroxylation is 11. The molecule has 0 aliphatic rings. The lowest BCUT2D eigenvalue weighted by Gasteiger charge is -2.08. The van der Waals surface area contributed by atoms with Crippen molar-refractivity contribution in [2.45, 2.75) is 48.5 Å². The second kappa shape index (κ2) is 30.6. The highest BCUT2D eigenvalue weighted by Gasteiger charge is 2.27. The molecule has 10 aromatic heterocycles. The van der Waals surface area contributed by atoms with Crippen molar-refractivity contribution in [2.75, 3.05) is 0 Å². The van der Waals surface area contributed by atoms with Gasteiger partial charge in [0.1, 0.15) is 91.1 Å². The molecule has 0 spiro atoms. The van der Waals surface area contributed by atoms with Crippen LogP contribution in [-0.2, 0) is 35.2 Å². The van der Waals surface area contributed by atoms with Gasteiger partial charge in [0.25, 0.3) is 0 Å². The van der Waals surface area contributed by atoms with E-state index < -0.39 is 0 Å². The molecular weight excluding hydrogens is 1420 g/mol. The van der Waals surface area contributed by atoms with Gasteiger partial charge in [0, 0.05) is 115 Å². The number of nitrogens with zero attached hydrogens (tertiary/aromatic N) is 9. The van der Waals surface area contributed by atoms with E-state index in [1.54, 1.807) is 18.2 Å². The largest absolute Gasteiger partial charge is 0.466 e. The van der Waals surface area contributed by atoms with Crippen molar-refractivity contribution in [1.82, 2.24) is 0 Å². The van der Waals surface area contributed by atoms with Gasteiger partial charge in [-0.15, -0.1) is 0 Å². The van der Waals surface area contributed by atoms with Crippen LogP contribution in [0.15, 0.2) is 290 Å². The number of benzene rings is 10. The Kier molecular flexibility index (Phi) is 19.7. The second-order valence-electron chi connectivity index (χ2n) is 29.2. The Morgan fingerprint density at radius 2 is 0.643 bits per heavy atom. The zero-order valence-electron chi connectivity index (χ0n) is 66.0. The summed E-state index contributed by atoms with van der Waals surface area (Å²) in [6.45, 7) is 44.0. The molecule has 0 radical (unpaired) electrons. The summed E-state index contributed by atoms with van der Waals surface area (Å²) in [7, 11) is 10.2. The minimum atomic E-state index is 0.555. The predicted octanol–water partition coefficient (Wildman–Crippen LogP) is 24.7. The van der Waals surface area contributed by atoms with E-state index in [0.717, 1.165) is 144 Å². The third-order valence-electron chi connectivity index (χ3n) is 21.9. The van der Waals surface area contributed by atoms with Gasteiger partial charge in [0.05, 0.1) is 54.1 Å². The smallest absolute Gasteiger partial charge is 0.229 e. The maximum absolute atomic E-state index is 7.38. The zero-order chi connectivity index (χ0) is 80.0. The van der Waals surface area contributed by atoms with Crippen LogP contribution in [0.4, 0.5) is 22.7 Å². The number of hydrogen-bond acceptors (Lipinski definition) is 5. The van der Waals surface area contributed by atoms with Gasteiger partial charge >= 0.3 is 0 Å².